The number of methoxy groups -OCH3 is 2. The van der Waals surface area contributed by atoms with Gasteiger partial charge >= 0.3 is 5.97 Å². The number of carbonyl (C=O) groups is 1. The summed E-state index contributed by atoms with van der Waals surface area (Å²) < 4.78 is 26.6. The molecule has 0 saturated carbocycles. The summed E-state index contributed by atoms with van der Waals surface area (Å²) in [5.74, 6) is 2.24. The third-order valence-electron chi connectivity index (χ3n) is 4.70. The summed E-state index contributed by atoms with van der Waals surface area (Å²) in [7, 11) is 3.10. The molecule has 33 heavy (non-hydrogen) atoms. The van der Waals surface area contributed by atoms with Crippen molar-refractivity contribution in [3.05, 3.63) is 65.5 Å². The fourth-order valence-electron chi connectivity index (χ4n) is 3.00. The second-order valence-electron chi connectivity index (χ2n) is 6.86. The number of benzene rings is 2. The summed E-state index contributed by atoms with van der Waals surface area (Å²) >= 11 is 5.90. The Morgan fingerprint density at radius 3 is 2.64 bits per heavy atom. The van der Waals surface area contributed by atoms with Crippen molar-refractivity contribution in [2.24, 2.45) is 0 Å². The van der Waals surface area contributed by atoms with Gasteiger partial charge in [0.2, 0.25) is 5.82 Å². The summed E-state index contributed by atoms with van der Waals surface area (Å²) in [5, 5.41) is 4.56. The van der Waals surface area contributed by atoms with Crippen LogP contribution in [0.2, 0.25) is 5.02 Å². The van der Waals surface area contributed by atoms with Crippen molar-refractivity contribution in [1.82, 2.24) is 15.1 Å². The van der Waals surface area contributed by atoms with Gasteiger partial charge in [0, 0.05) is 23.1 Å². The average Bonchev–Trinajstić information content (AvgIpc) is 3.51. The van der Waals surface area contributed by atoms with E-state index >= 15 is 0 Å². The van der Waals surface area contributed by atoms with Gasteiger partial charge in [-0.3, -0.25) is 4.79 Å². The largest absolute Gasteiger partial charge is 0.497 e. The number of carbonyl (C=O) groups excluding carboxylic acids is 1. The highest BCUT2D eigenvalue weighted by molar-refractivity contribution is 6.30. The Morgan fingerprint density at radius 1 is 1.06 bits per heavy atom. The van der Waals surface area contributed by atoms with E-state index in [1.807, 2.05) is 12.1 Å². The highest BCUT2D eigenvalue weighted by atomic mass is 35.5. The molecule has 170 valence electrons. The summed E-state index contributed by atoms with van der Waals surface area (Å²) in [6.07, 6.45) is 2.00. The SMILES string of the molecule is COc1ccc(-c2noc(COC(=O)CCc3ncc(-c4ccc(Cl)cc4)o3)n2)c(OC)c1. The minimum atomic E-state index is -0.442. The second kappa shape index (κ2) is 10.2. The minimum Gasteiger partial charge on any atom is -0.497 e. The van der Waals surface area contributed by atoms with E-state index in [9.17, 15) is 4.79 Å². The van der Waals surface area contributed by atoms with Crippen LogP contribution in [-0.2, 0) is 22.6 Å². The lowest BCUT2D eigenvalue weighted by molar-refractivity contribution is -0.145. The van der Waals surface area contributed by atoms with Crippen LogP contribution in [0.3, 0.4) is 0 Å². The number of halogens is 1. The Hall–Kier alpha value is -3.85. The molecule has 0 amide bonds. The van der Waals surface area contributed by atoms with Crippen LogP contribution in [0.1, 0.15) is 18.2 Å². The summed E-state index contributed by atoms with van der Waals surface area (Å²) in [6.45, 7) is -0.147. The van der Waals surface area contributed by atoms with Crippen molar-refractivity contribution in [3.63, 3.8) is 0 Å². The molecule has 2 aromatic heterocycles. The zero-order chi connectivity index (χ0) is 23.2. The lowest BCUT2D eigenvalue weighted by Crippen LogP contribution is -2.06. The number of hydrogen-bond acceptors (Lipinski definition) is 9. The lowest BCUT2D eigenvalue weighted by Gasteiger charge is -2.07. The maximum absolute atomic E-state index is 12.1. The van der Waals surface area contributed by atoms with E-state index in [0.29, 0.717) is 46.0 Å². The van der Waals surface area contributed by atoms with Gasteiger partial charge in [0.1, 0.15) is 11.5 Å². The van der Waals surface area contributed by atoms with Crippen LogP contribution < -0.4 is 9.47 Å². The molecule has 9 nitrogen and oxygen atoms in total. The van der Waals surface area contributed by atoms with Gasteiger partial charge in [-0.25, -0.2) is 4.98 Å². The molecular formula is C23H20ClN3O6. The van der Waals surface area contributed by atoms with Crippen LogP contribution in [0, 0.1) is 0 Å². The van der Waals surface area contributed by atoms with Gasteiger partial charge in [-0.1, -0.05) is 16.8 Å². The minimum absolute atomic E-state index is 0.0911. The van der Waals surface area contributed by atoms with E-state index in [-0.39, 0.29) is 18.9 Å². The number of esters is 1. The van der Waals surface area contributed by atoms with Crippen LogP contribution in [-0.4, -0.2) is 35.3 Å². The summed E-state index contributed by atoms with van der Waals surface area (Å²) in [6, 6.07) is 12.4. The van der Waals surface area contributed by atoms with E-state index < -0.39 is 5.97 Å². The van der Waals surface area contributed by atoms with E-state index in [1.54, 1.807) is 43.6 Å². The molecule has 0 aliphatic carbocycles. The van der Waals surface area contributed by atoms with Crippen molar-refractivity contribution in [2.45, 2.75) is 19.4 Å². The number of aryl methyl sites for hydroxylation is 1. The first kappa shape index (κ1) is 22.3. The molecule has 2 aromatic carbocycles. The lowest BCUT2D eigenvalue weighted by atomic mass is 10.2. The zero-order valence-corrected chi connectivity index (χ0v) is 18.7. The van der Waals surface area contributed by atoms with Gasteiger partial charge in [0.25, 0.3) is 5.89 Å². The average molecular weight is 470 g/mol. The van der Waals surface area contributed by atoms with Gasteiger partial charge in [-0.05, 0) is 36.4 Å². The normalized spacial score (nSPS) is 10.8. The number of aromatic nitrogens is 3. The predicted molar refractivity (Wildman–Crippen MR) is 118 cm³/mol. The summed E-state index contributed by atoms with van der Waals surface area (Å²) in [5.41, 5.74) is 1.47. The molecule has 0 bridgehead atoms. The molecular weight excluding hydrogens is 450 g/mol. The first-order chi connectivity index (χ1) is 16.1. The fraction of sp³-hybridized carbons (Fsp3) is 0.217. The third kappa shape index (κ3) is 5.50. The van der Waals surface area contributed by atoms with Gasteiger partial charge in [0.05, 0.1) is 32.4 Å². The standard InChI is InChI=1S/C23H20ClN3O6/c1-29-16-7-8-17(18(11-16)30-2)23-26-21(33-27-23)13-31-22(28)10-9-20-25-12-19(32-20)14-3-5-15(24)6-4-14/h3-8,11-12H,9-10,13H2,1-2H3. The number of rotatable bonds is 9. The Morgan fingerprint density at radius 2 is 1.88 bits per heavy atom. The van der Waals surface area contributed by atoms with E-state index in [4.69, 9.17) is 34.8 Å². The Kier molecular flexibility index (Phi) is 6.89. The van der Waals surface area contributed by atoms with Crippen molar-refractivity contribution in [1.29, 1.82) is 0 Å². The third-order valence-corrected chi connectivity index (χ3v) is 4.95. The van der Waals surface area contributed by atoms with Crippen molar-refractivity contribution in [3.8, 4) is 34.2 Å². The Balaban J connectivity index is 1.30. The predicted octanol–water partition coefficient (Wildman–Crippen LogP) is 4.74. The summed E-state index contributed by atoms with van der Waals surface area (Å²) in [4.78, 5) is 20.6. The van der Waals surface area contributed by atoms with E-state index in [0.717, 1.165) is 5.56 Å². The molecule has 4 aromatic rings. The van der Waals surface area contributed by atoms with Crippen LogP contribution in [0.25, 0.3) is 22.7 Å². The molecule has 4 rings (SSSR count). The van der Waals surface area contributed by atoms with Crippen LogP contribution >= 0.6 is 11.6 Å². The van der Waals surface area contributed by atoms with Crippen LogP contribution in [0.4, 0.5) is 0 Å². The molecule has 10 heteroatoms. The van der Waals surface area contributed by atoms with Crippen molar-refractivity contribution in [2.75, 3.05) is 14.2 Å². The second-order valence-corrected chi connectivity index (χ2v) is 7.30. The van der Waals surface area contributed by atoms with Gasteiger partial charge in [0.15, 0.2) is 18.3 Å². The smallest absolute Gasteiger partial charge is 0.306 e. The molecule has 0 saturated heterocycles. The molecule has 0 aliphatic heterocycles. The Labute approximate surface area is 194 Å². The molecule has 2 heterocycles. The fourth-order valence-corrected chi connectivity index (χ4v) is 3.13. The Bertz CT molecular complexity index is 1240. The van der Waals surface area contributed by atoms with Crippen molar-refractivity contribution >= 4 is 17.6 Å². The highest BCUT2D eigenvalue weighted by Gasteiger charge is 2.16. The number of hydrogen-bond donors (Lipinski definition) is 0. The van der Waals surface area contributed by atoms with Gasteiger partial charge < -0.3 is 23.2 Å². The zero-order valence-electron chi connectivity index (χ0n) is 17.9. The maximum atomic E-state index is 12.1. The first-order valence-electron chi connectivity index (χ1n) is 9.97. The number of nitrogens with zero attached hydrogens (tertiary/aromatic N) is 3. The molecule has 0 fully saturated rings. The molecule has 0 unspecified atom stereocenters. The monoisotopic (exact) mass is 469 g/mol. The number of ether oxygens (including phenoxy) is 3. The molecule has 0 aliphatic rings. The molecule has 0 atom stereocenters. The van der Waals surface area contributed by atoms with E-state index in [1.165, 1.54) is 7.11 Å². The molecule has 0 N–H and O–H groups in total. The van der Waals surface area contributed by atoms with Gasteiger partial charge in [-0.2, -0.15) is 4.98 Å². The van der Waals surface area contributed by atoms with Crippen molar-refractivity contribution < 1.29 is 27.9 Å². The van der Waals surface area contributed by atoms with E-state index in [2.05, 4.69) is 15.1 Å². The molecule has 0 spiro atoms. The van der Waals surface area contributed by atoms with Crippen LogP contribution in [0.5, 0.6) is 11.5 Å². The highest BCUT2D eigenvalue weighted by Crippen LogP contribution is 2.31. The topological polar surface area (TPSA) is 110 Å². The maximum Gasteiger partial charge on any atom is 0.306 e. The number of oxazole rings is 1. The van der Waals surface area contributed by atoms with Crippen LogP contribution in [0.15, 0.2) is 57.6 Å². The molecule has 0 radical (unpaired) electrons. The quantitative estimate of drug-likeness (QED) is 0.321. The first-order valence-corrected chi connectivity index (χ1v) is 10.3. The van der Waals surface area contributed by atoms with Gasteiger partial charge in [-0.15, -0.1) is 0 Å².